The Morgan fingerprint density at radius 3 is 2.39 bits per heavy atom. The van der Waals surface area contributed by atoms with Crippen LogP contribution in [0.15, 0.2) is 57.9 Å². The predicted molar refractivity (Wildman–Crippen MR) is 111 cm³/mol. The summed E-state index contributed by atoms with van der Waals surface area (Å²) in [6.07, 6.45) is 1.03. The molecule has 0 aliphatic carbocycles. The molecule has 1 heterocycles. The van der Waals surface area contributed by atoms with Gasteiger partial charge in [-0.3, -0.25) is 4.79 Å². The van der Waals surface area contributed by atoms with E-state index in [2.05, 4.69) is 15.9 Å². The van der Waals surface area contributed by atoms with E-state index in [0.29, 0.717) is 39.0 Å². The molecule has 28 heavy (non-hydrogen) atoms. The third-order valence-electron chi connectivity index (χ3n) is 4.80. The maximum Gasteiger partial charge on any atom is 0.243 e. The molecule has 6 nitrogen and oxygen atoms in total. The monoisotopic (exact) mass is 466 g/mol. The maximum absolute atomic E-state index is 12.7. The molecule has 0 atom stereocenters. The van der Waals surface area contributed by atoms with Crippen molar-refractivity contribution in [2.24, 2.45) is 0 Å². The third kappa shape index (κ3) is 4.92. The van der Waals surface area contributed by atoms with Crippen LogP contribution in [0, 0.1) is 0 Å². The fourth-order valence-corrected chi connectivity index (χ4v) is 4.86. The lowest BCUT2D eigenvalue weighted by Gasteiger charge is -2.34. The van der Waals surface area contributed by atoms with Gasteiger partial charge in [-0.15, -0.1) is 0 Å². The fourth-order valence-electron chi connectivity index (χ4n) is 3.17. The Hall–Kier alpha value is -1.90. The summed E-state index contributed by atoms with van der Waals surface area (Å²) in [4.78, 5) is 14.5. The van der Waals surface area contributed by atoms with Gasteiger partial charge in [-0.1, -0.05) is 28.1 Å². The van der Waals surface area contributed by atoms with Crippen molar-refractivity contribution in [2.45, 2.75) is 17.7 Å². The number of hydrogen-bond donors (Lipinski definition) is 0. The Morgan fingerprint density at radius 2 is 1.75 bits per heavy atom. The van der Waals surface area contributed by atoms with Crippen LogP contribution in [-0.4, -0.2) is 56.8 Å². The quantitative estimate of drug-likeness (QED) is 0.656. The van der Waals surface area contributed by atoms with Crippen LogP contribution in [0.1, 0.15) is 12.0 Å². The highest BCUT2D eigenvalue weighted by atomic mass is 79.9. The Balaban J connectivity index is 1.54. The lowest BCUT2D eigenvalue weighted by Crippen LogP contribution is -2.50. The number of amides is 1. The number of piperazine rings is 1. The summed E-state index contributed by atoms with van der Waals surface area (Å²) in [6, 6.07) is 14.3. The van der Waals surface area contributed by atoms with E-state index in [4.69, 9.17) is 4.74 Å². The molecule has 1 aliphatic rings. The minimum absolute atomic E-state index is 0.0449. The van der Waals surface area contributed by atoms with Gasteiger partial charge in [0.1, 0.15) is 5.75 Å². The van der Waals surface area contributed by atoms with Gasteiger partial charge in [0.15, 0.2) is 0 Å². The topological polar surface area (TPSA) is 66.9 Å². The number of sulfonamides is 1. The van der Waals surface area contributed by atoms with Gasteiger partial charge in [0, 0.05) is 37.1 Å². The van der Waals surface area contributed by atoms with Gasteiger partial charge in [-0.25, -0.2) is 8.42 Å². The number of halogens is 1. The number of methoxy groups -OCH3 is 1. The van der Waals surface area contributed by atoms with Crippen molar-refractivity contribution < 1.29 is 17.9 Å². The molecular formula is C20H23BrN2O4S. The van der Waals surface area contributed by atoms with E-state index in [1.165, 1.54) is 4.31 Å². The van der Waals surface area contributed by atoms with Gasteiger partial charge in [0.2, 0.25) is 15.9 Å². The summed E-state index contributed by atoms with van der Waals surface area (Å²) < 4.78 is 33.0. The molecule has 0 spiro atoms. The zero-order valence-corrected chi connectivity index (χ0v) is 18.1. The third-order valence-corrected chi connectivity index (χ3v) is 7.25. The van der Waals surface area contributed by atoms with E-state index >= 15 is 0 Å². The van der Waals surface area contributed by atoms with Gasteiger partial charge in [0.25, 0.3) is 0 Å². The number of carbonyl (C=O) groups excluding carboxylic acids is 1. The Kier molecular flexibility index (Phi) is 6.74. The fraction of sp³-hybridized carbons (Fsp3) is 0.350. The van der Waals surface area contributed by atoms with E-state index in [-0.39, 0.29) is 10.8 Å². The summed E-state index contributed by atoms with van der Waals surface area (Å²) in [6.45, 7) is 1.44. The minimum atomic E-state index is -3.53. The largest absolute Gasteiger partial charge is 0.497 e. The summed E-state index contributed by atoms with van der Waals surface area (Å²) >= 11 is 3.31. The number of benzene rings is 2. The van der Waals surface area contributed by atoms with E-state index in [0.717, 1.165) is 15.8 Å². The van der Waals surface area contributed by atoms with Crippen molar-refractivity contribution in [3.8, 4) is 5.75 Å². The molecule has 0 N–H and O–H groups in total. The molecular weight excluding hydrogens is 444 g/mol. The van der Waals surface area contributed by atoms with E-state index in [1.54, 1.807) is 36.3 Å². The summed E-state index contributed by atoms with van der Waals surface area (Å²) in [5.74, 6) is 0.820. The number of carbonyl (C=O) groups is 1. The number of hydrogen-bond acceptors (Lipinski definition) is 4. The molecule has 0 unspecified atom stereocenters. The van der Waals surface area contributed by atoms with Gasteiger partial charge in [-0.05, 0) is 48.4 Å². The van der Waals surface area contributed by atoms with Crippen molar-refractivity contribution in [3.63, 3.8) is 0 Å². The van der Waals surface area contributed by atoms with Crippen LogP contribution in [0.2, 0.25) is 0 Å². The van der Waals surface area contributed by atoms with Gasteiger partial charge in [-0.2, -0.15) is 4.31 Å². The molecule has 1 aliphatic heterocycles. The average molecular weight is 467 g/mol. The second kappa shape index (κ2) is 9.07. The standard InChI is InChI=1S/C20H23BrN2O4S/c1-27-18-4-2-3-16(15-18)5-10-20(24)22-11-13-23(14-12-22)28(25,26)19-8-6-17(21)7-9-19/h2-4,6-9,15H,5,10-14H2,1H3. The molecule has 0 bridgehead atoms. The van der Waals surface area contributed by atoms with Crippen LogP contribution in [-0.2, 0) is 21.2 Å². The highest BCUT2D eigenvalue weighted by Gasteiger charge is 2.29. The van der Waals surface area contributed by atoms with Crippen molar-refractivity contribution >= 4 is 31.9 Å². The highest BCUT2D eigenvalue weighted by molar-refractivity contribution is 9.10. The second-order valence-corrected chi connectivity index (χ2v) is 9.44. The van der Waals surface area contributed by atoms with Crippen LogP contribution in [0.4, 0.5) is 0 Å². The van der Waals surface area contributed by atoms with Crippen LogP contribution in [0.3, 0.4) is 0 Å². The lowest BCUT2D eigenvalue weighted by molar-refractivity contribution is -0.132. The first-order valence-corrected chi connectivity index (χ1v) is 11.3. The minimum Gasteiger partial charge on any atom is -0.497 e. The number of rotatable bonds is 6. The van der Waals surface area contributed by atoms with Crippen LogP contribution < -0.4 is 4.74 Å². The average Bonchev–Trinajstić information content (AvgIpc) is 2.72. The molecule has 1 fully saturated rings. The van der Waals surface area contributed by atoms with E-state index < -0.39 is 10.0 Å². The van der Waals surface area contributed by atoms with Crippen LogP contribution in [0.5, 0.6) is 5.75 Å². The molecule has 8 heteroatoms. The molecule has 0 radical (unpaired) electrons. The van der Waals surface area contributed by atoms with Gasteiger partial charge >= 0.3 is 0 Å². The first-order chi connectivity index (χ1) is 13.4. The van der Waals surface area contributed by atoms with Crippen molar-refractivity contribution in [3.05, 3.63) is 58.6 Å². The second-order valence-electron chi connectivity index (χ2n) is 6.59. The summed E-state index contributed by atoms with van der Waals surface area (Å²) in [5.41, 5.74) is 1.05. The molecule has 1 amide bonds. The Bertz CT molecular complexity index is 923. The zero-order chi connectivity index (χ0) is 20.1. The molecule has 0 aromatic heterocycles. The number of ether oxygens (including phenoxy) is 1. The first-order valence-electron chi connectivity index (χ1n) is 9.06. The smallest absolute Gasteiger partial charge is 0.243 e. The Labute approximate surface area is 174 Å². The predicted octanol–water partition coefficient (Wildman–Crippen LogP) is 2.92. The van der Waals surface area contributed by atoms with Crippen LogP contribution >= 0.6 is 15.9 Å². The first kappa shape index (κ1) is 20.8. The number of nitrogens with zero attached hydrogens (tertiary/aromatic N) is 2. The summed E-state index contributed by atoms with van der Waals surface area (Å²) in [5, 5.41) is 0. The van der Waals surface area contributed by atoms with Gasteiger partial charge < -0.3 is 9.64 Å². The van der Waals surface area contributed by atoms with Crippen molar-refractivity contribution in [2.75, 3.05) is 33.3 Å². The normalized spacial score (nSPS) is 15.4. The molecule has 150 valence electrons. The molecule has 1 saturated heterocycles. The van der Waals surface area contributed by atoms with Crippen LogP contribution in [0.25, 0.3) is 0 Å². The number of aryl methyl sites for hydroxylation is 1. The SMILES string of the molecule is COc1cccc(CCC(=O)N2CCN(S(=O)(=O)c3ccc(Br)cc3)CC2)c1. The lowest BCUT2D eigenvalue weighted by atomic mass is 10.1. The maximum atomic E-state index is 12.7. The van der Waals surface area contributed by atoms with Crippen molar-refractivity contribution in [1.29, 1.82) is 0 Å². The molecule has 2 aromatic rings. The highest BCUT2D eigenvalue weighted by Crippen LogP contribution is 2.20. The molecule has 3 rings (SSSR count). The molecule has 2 aromatic carbocycles. The van der Waals surface area contributed by atoms with Crippen molar-refractivity contribution in [1.82, 2.24) is 9.21 Å². The van der Waals surface area contributed by atoms with E-state index in [1.807, 2.05) is 24.3 Å². The Morgan fingerprint density at radius 1 is 1.07 bits per heavy atom. The molecule has 0 saturated carbocycles. The zero-order valence-electron chi connectivity index (χ0n) is 15.7. The summed E-state index contributed by atoms with van der Waals surface area (Å²) in [7, 11) is -1.91. The van der Waals surface area contributed by atoms with Gasteiger partial charge in [0.05, 0.1) is 12.0 Å². The van der Waals surface area contributed by atoms with E-state index in [9.17, 15) is 13.2 Å².